The van der Waals surface area contributed by atoms with Crippen LogP contribution in [0.15, 0.2) is 29.3 Å². The summed E-state index contributed by atoms with van der Waals surface area (Å²) in [4.78, 5) is 13.7. The van der Waals surface area contributed by atoms with Crippen LogP contribution in [-0.4, -0.2) is 12.1 Å². The summed E-state index contributed by atoms with van der Waals surface area (Å²) in [5, 5.41) is 0.736. The molecule has 0 N–H and O–H groups in total. The summed E-state index contributed by atoms with van der Waals surface area (Å²) < 4.78 is 0. The lowest BCUT2D eigenvalue weighted by molar-refractivity contribution is 0.562. The molecular formula is C10H8ClNO. The van der Waals surface area contributed by atoms with Crippen LogP contribution in [0.25, 0.3) is 0 Å². The highest BCUT2D eigenvalue weighted by Crippen LogP contribution is 2.43. The second-order valence-electron chi connectivity index (χ2n) is 3.18. The third-order valence-electron chi connectivity index (χ3n) is 2.27. The topological polar surface area (TPSA) is 29.4 Å². The molecule has 0 radical (unpaired) electrons. The molecule has 0 heterocycles. The number of hydrogen-bond donors (Lipinski definition) is 0. The lowest BCUT2D eigenvalue weighted by Gasteiger charge is -1.96. The molecule has 0 spiro atoms. The van der Waals surface area contributed by atoms with Crippen LogP contribution in [0.1, 0.15) is 17.9 Å². The Morgan fingerprint density at radius 2 is 2.08 bits per heavy atom. The van der Waals surface area contributed by atoms with Crippen molar-refractivity contribution in [2.75, 3.05) is 0 Å². The molecule has 2 unspecified atom stereocenters. The Morgan fingerprint density at radius 3 is 2.69 bits per heavy atom. The molecule has 1 aromatic rings. The number of nitrogens with zero attached hydrogens (tertiary/aromatic N) is 1. The van der Waals surface area contributed by atoms with E-state index in [0.717, 1.165) is 11.4 Å². The average Bonchev–Trinajstić information content (AvgIpc) is 2.86. The first-order chi connectivity index (χ1) is 6.31. The van der Waals surface area contributed by atoms with Crippen LogP contribution in [-0.2, 0) is 4.79 Å². The zero-order valence-electron chi connectivity index (χ0n) is 6.90. The van der Waals surface area contributed by atoms with Crippen molar-refractivity contribution in [3.05, 3.63) is 34.9 Å². The van der Waals surface area contributed by atoms with Gasteiger partial charge in [0.05, 0.1) is 6.04 Å². The molecule has 66 valence electrons. The van der Waals surface area contributed by atoms with Gasteiger partial charge in [0.2, 0.25) is 6.08 Å². The Hall–Kier alpha value is -1.11. The average molecular weight is 194 g/mol. The third kappa shape index (κ3) is 1.80. The van der Waals surface area contributed by atoms with E-state index in [2.05, 4.69) is 4.99 Å². The van der Waals surface area contributed by atoms with Gasteiger partial charge >= 0.3 is 0 Å². The molecule has 1 fully saturated rings. The molecule has 1 saturated carbocycles. The van der Waals surface area contributed by atoms with Crippen LogP contribution in [0.4, 0.5) is 0 Å². The van der Waals surface area contributed by atoms with Gasteiger partial charge in [-0.2, -0.15) is 0 Å². The third-order valence-corrected chi connectivity index (χ3v) is 2.53. The number of hydrogen-bond acceptors (Lipinski definition) is 2. The van der Waals surface area contributed by atoms with E-state index >= 15 is 0 Å². The predicted octanol–water partition coefficient (Wildman–Crippen LogP) is 2.53. The quantitative estimate of drug-likeness (QED) is 0.524. The van der Waals surface area contributed by atoms with Crippen molar-refractivity contribution in [2.24, 2.45) is 4.99 Å². The van der Waals surface area contributed by atoms with Crippen LogP contribution in [0, 0.1) is 0 Å². The molecule has 0 aromatic heterocycles. The first-order valence-electron chi connectivity index (χ1n) is 4.13. The largest absolute Gasteiger partial charge is 0.235 e. The van der Waals surface area contributed by atoms with Gasteiger partial charge in [-0.25, -0.2) is 9.79 Å². The standard InChI is InChI=1S/C10H8ClNO/c11-8-3-1-7(2-4-8)9-5-10(9)12-6-13/h1-4,9-10H,5H2. The fourth-order valence-corrected chi connectivity index (χ4v) is 1.59. The molecule has 0 amide bonds. The minimum atomic E-state index is 0.152. The second-order valence-corrected chi connectivity index (χ2v) is 3.62. The van der Waals surface area contributed by atoms with Gasteiger partial charge in [0.15, 0.2) is 0 Å². The van der Waals surface area contributed by atoms with Crippen molar-refractivity contribution in [3.63, 3.8) is 0 Å². The van der Waals surface area contributed by atoms with E-state index in [9.17, 15) is 4.79 Å². The molecule has 1 aliphatic carbocycles. The van der Waals surface area contributed by atoms with Crippen molar-refractivity contribution in [3.8, 4) is 0 Å². The van der Waals surface area contributed by atoms with Crippen LogP contribution < -0.4 is 0 Å². The fourth-order valence-electron chi connectivity index (χ4n) is 1.46. The zero-order valence-corrected chi connectivity index (χ0v) is 7.66. The molecule has 1 aliphatic rings. The Bertz CT molecular complexity index is 354. The lowest BCUT2D eigenvalue weighted by atomic mass is 10.1. The van der Waals surface area contributed by atoms with Crippen molar-refractivity contribution in [1.82, 2.24) is 0 Å². The van der Waals surface area contributed by atoms with Gasteiger partial charge in [0.25, 0.3) is 0 Å². The number of benzene rings is 1. The van der Waals surface area contributed by atoms with Crippen LogP contribution in [0.2, 0.25) is 5.02 Å². The molecule has 3 heteroatoms. The molecule has 2 nitrogen and oxygen atoms in total. The van der Waals surface area contributed by atoms with Gasteiger partial charge in [0.1, 0.15) is 0 Å². The predicted molar refractivity (Wildman–Crippen MR) is 50.7 cm³/mol. The summed E-state index contributed by atoms with van der Waals surface area (Å²) in [7, 11) is 0. The smallest absolute Gasteiger partial charge is 0.211 e. The number of rotatable bonds is 2. The van der Waals surface area contributed by atoms with E-state index < -0.39 is 0 Å². The number of halogens is 1. The second kappa shape index (κ2) is 3.33. The SMILES string of the molecule is O=C=NC1CC1c1ccc(Cl)cc1. The van der Waals surface area contributed by atoms with E-state index in [1.165, 1.54) is 5.56 Å². The summed E-state index contributed by atoms with van der Waals surface area (Å²) in [6.07, 6.45) is 2.54. The summed E-state index contributed by atoms with van der Waals surface area (Å²) in [5.74, 6) is 0.402. The minimum Gasteiger partial charge on any atom is -0.211 e. The van der Waals surface area contributed by atoms with Crippen molar-refractivity contribution in [2.45, 2.75) is 18.4 Å². The molecular weight excluding hydrogens is 186 g/mol. The maximum absolute atomic E-state index is 9.97. The molecule has 1 aromatic carbocycles. The van der Waals surface area contributed by atoms with Gasteiger partial charge in [0, 0.05) is 10.9 Å². The van der Waals surface area contributed by atoms with E-state index in [1.807, 2.05) is 24.3 Å². The molecule has 0 bridgehead atoms. The molecule has 2 atom stereocenters. The number of isocyanates is 1. The summed E-state index contributed by atoms with van der Waals surface area (Å²) >= 11 is 5.75. The normalized spacial score (nSPS) is 25.0. The maximum atomic E-state index is 9.97. The van der Waals surface area contributed by atoms with Crippen molar-refractivity contribution < 1.29 is 4.79 Å². The monoisotopic (exact) mass is 193 g/mol. The van der Waals surface area contributed by atoms with Gasteiger partial charge in [-0.05, 0) is 24.1 Å². The fraction of sp³-hybridized carbons (Fsp3) is 0.300. The van der Waals surface area contributed by atoms with Gasteiger partial charge in [-0.3, -0.25) is 0 Å². The van der Waals surface area contributed by atoms with Gasteiger partial charge < -0.3 is 0 Å². The first kappa shape index (κ1) is 8.49. The summed E-state index contributed by atoms with van der Waals surface area (Å²) in [6, 6.07) is 7.83. The van der Waals surface area contributed by atoms with E-state index in [0.29, 0.717) is 5.92 Å². The Kier molecular flexibility index (Phi) is 2.17. The van der Waals surface area contributed by atoms with Gasteiger partial charge in [-0.15, -0.1) is 0 Å². The molecule has 0 aliphatic heterocycles. The van der Waals surface area contributed by atoms with Crippen molar-refractivity contribution >= 4 is 17.7 Å². The Morgan fingerprint density at radius 1 is 1.38 bits per heavy atom. The minimum absolute atomic E-state index is 0.152. The van der Waals surface area contributed by atoms with E-state index in [4.69, 9.17) is 11.6 Å². The maximum Gasteiger partial charge on any atom is 0.235 e. The van der Waals surface area contributed by atoms with Gasteiger partial charge in [-0.1, -0.05) is 23.7 Å². The molecule has 0 saturated heterocycles. The van der Waals surface area contributed by atoms with Crippen molar-refractivity contribution in [1.29, 1.82) is 0 Å². The number of carbonyl (C=O) groups excluding carboxylic acids is 1. The summed E-state index contributed by atoms with van der Waals surface area (Å²) in [5.41, 5.74) is 1.20. The molecule has 2 rings (SSSR count). The Balaban J connectivity index is 2.12. The molecule has 13 heavy (non-hydrogen) atoms. The Labute approximate surface area is 81.2 Å². The van der Waals surface area contributed by atoms with Crippen LogP contribution in [0.3, 0.4) is 0 Å². The van der Waals surface area contributed by atoms with E-state index in [-0.39, 0.29) is 6.04 Å². The van der Waals surface area contributed by atoms with E-state index in [1.54, 1.807) is 6.08 Å². The lowest BCUT2D eigenvalue weighted by Crippen LogP contribution is -1.83. The van der Waals surface area contributed by atoms with Crippen LogP contribution in [0.5, 0.6) is 0 Å². The highest BCUT2D eigenvalue weighted by Gasteiger charge is 2.38. The summed E-state index contributed by atoms with van der Waals surface area (Å²) in [6.45, 7) is 0. The van der Waals surface area contributed by atoms with Crippen LogP contribution >= 0.6 is 11.6 Å². The highest BCUT2D eigenvalue weighted by atomic mass is 35.5. The first-order valence-corrected chi connectivity index (χ1v) is 4.51. The number of aliphatic imine (C=N–C) groups is 1. The highest BCUT2D eigenvalue weighted by molar-refractivity contribution is 6.30. The zero-order chi connectivity index (χ0) is 9.26.